The molecule has 0 fully saturated rings. The summed E-state index contributed by atoms with van der Waals surface area (Å²) < 4.78 is 11.1. The van der Waals surface area contributed by atoms with E-state index in [0.29, 0.717) is 17.0 Å². The number of nitrogens with one attached hydrogen (secondary N) is 1. The Balaban J connectivity index is 1.54. The summed E-state index contributed by atoms with van der Waals surface area (Å²) in [6, 6.07) is 14.6. The normalized spacial score (nSPS) is 16.9. The molecule has 2 aromatic rings. The highest BCUT2D eigenvalue weighted by Gasteiger charge is 2.37. The van der Waals surface area contributed by atoms with Gasteiger partial charge in [0, 0.05) is 11.9 Å². The molecule has 8 heteroatoms. The van der Waals surface area contributed by atoms with Crippen LogP contribution in [0.2, 0.25) is 0 Å². The van der Waals surface area contributed by atoms with Crippen LogP contribution in [0.15, 0.2) is 76.4 Å². The van der Waals surface area contributed by atoms with Gasteiger partial charge < -0.3 is 19.7 Å². The number of amides is 1. The van der Waals surface area contributed by atoms with Crippen LogP contribution in [-0.2, 0) is 14.3 Å². The number of allylic oxidation sites excluding steroid dienone is 1. The van der Waals surface area contributed by atoms with Crippen molar-refractivity contribution in [1.29, 1.82) is 0 Å². The molecule has 0 saturated carbocycles. The summed E-state index contributed by atoms with van der Waals surface area (Å²) >= 11 is 1.50. The van der Waals surface area contributed by atoms with Gasteiger partial charge in [0.15, 0.2) is 11.8 Å². The lowest BCUT2D eigenvalue weighted by Gasteiger charge is -2.33. The zero-order valence-electron chi connectivity index (χ0n) is 18.7. The second-order valence-electron chi connectivity index (χ2n) is 7.55. The molecule has 33 heavy (non-hydrogen) atoms. The van der Waals surface area contributed by atoms with Crippen LogP contribution in [0.3, 0.4) is 0 Å². The minimum absolute atomic E-state index is 0.131. The molecule has 1 atom stereocenters. The molecule has 2 heterocycles. The maximum Gasteiger partial charge on any atom is 0.338 e. The fourth-order valence-electron chi connectivity index (χ4n) is 3.72. The Kier molecular flexibility index (Phi) is 6.84. The maximum atomic E-state index is 12.8. The van der Waals surface area contributed by atoms with Crippen molar-refractivity contribution in [2.45, 2.75) is 26.8 Å². The first-order valence-electron chi connectivity index (χ1n) is 10.6. The average molecular weight is 464 g/mol. The number of benzene rings is 2. The number of esters is 1. The molecule has 0 radical (unpaired) electrons. The van der Waals surface area contributed by atoms with Crippen molar-refractivity contribution in [3.63, 3.8) is 0 Å². The lowest BCUT2D eigenvalue weighted by atomic mass is 9.94. The lowest BCUT2D eigenvalue weighted by Crippen LogP contribution is -2.34. The highest BCUT2D eigenvalue weighted by molar-refractivity contribution is 8.16. The second-order valence-corrected chi connectivity index (χ2v) is 8.42. The van der Waals surface area contributed by atoms with Gasteiger partial charge in [0.1, 0.15) is 5.75 Å². The van der Waals surface area contributed by atoms with E-state index in [2.05, 4.69) is 10.3 Å². The van der Waals surface area contributed by atoms with Gasteiger partial charge in [-0.15, -0.1) is 0 Å². The van der Waals surface area contributed by atoms with Crippen LogP contribution in [0.25, 0.3) is 0 Å². The molecule has 2 aliphatic rings. The number of rotatable bonds is 7. The third-order valence-electron chi connectivity index (χ3n) is 5.28. The summed E-state index contributed by atoms with van der Waals surface area (Å²) in [5.74, 6) is -0.103. The molecule has 4 rings (SSSR count). The summed E-state index contributed by atoms with van der Waals surface area (Å²) in [6.45, 7) is 5.68. The predicted molar refractivity (Wildman–Crippen MR) is 130 cm³/mol. The van der Waals surface area contributed by atoms with Gasteiger partial charge in [0.2, 0.25) is 0 Å². The van der Waals surface area contributed by atoms with Crippen LogP contribution in [0.5, 0.6) is 5.75 Å². The van der Waals surface area contributed by atoms with Crippen LogP contribution >= 0.6 is 11.8 Å². The minimum Gasteiger partial charge on any atom is -0.484 e. The molecule has 170 valence electrons. The van der Waals surface area contributed by atoms with E-state index >= 15 is 0 Å². The van der Waals surface area contributed by atoms with Crippen molar-refractivity contribution in [3.05, 3.63) is 82.5 Å². The Morgan fingerprint density at radius 1 is 1.15 bits per heavy atom. The van der Waals surface area contributed by atoms with E-state index in [4.69, 9.17) is 9.47 Å². The number of nitrogens with zero attached hydrogens (tertiary/aromatic N) is 2. The Hall–Kier alpha value is -3.52. The van der Waals surface area contributed by atoms with Gasteiger partial charge in [-0.3, -0.25) is 4.79 Å². The van der Waals surface area contributed by atoms with Crippen molar-refractivity contribution in [3.8, 4) is 5.75 Å². The number of hydrogen-bond acceptors (Lipinski definition) is 7. The summed E-state index contributed by atoms with van der Waals surface area (Å²) in [7, 11) is 0. The topological polar surface area (TPSA) is 80.2 Å². The molecule has 0 spiro atoms. The van der Waals surface area contributed by atoms with E-state index in [0.717, 1.165) is 22.0 Å². The number of thioether (sulfide) groups is 1. The molecule has 0 bridgehead atoms. The molecule has 2 aliphatic heterocycles. The first kappa shape index (κ1) is 22.7. The number of fused-ring (bicyclic) bond motifs is 1. The van der Waals surface area contributed by atoms with Gasteiger partial charge in [-0.1, -0.05) is 42.1 Å². The molecular weight excluding hydrogens is 438 g/mol. The van der Waals surface area contributed by atoms with Crippen molar-refractivity contribution in [2.75, 3.05) is 18.5 Å². The predicted octanol–water partition coefficient (Wildman–Crippen LogP) is 4.78. The summed E-state index contributed by atoms with van der Waals surface area (Å²) in [5.41, 5.74) is 3.69. The third kappa shape index (κ3) is 4.96. The van der Waals surface area contributed by atoms with Crippen molar-refractivity contribution in [2.24, 2.45) is 4.99 Å². The number of anilines is 1. The Bertz CT molecular complexity index is 1170. The Morgan fingerprint density at radius 2 is 1.97 bits per heavy atom. The molecule has 1 N–H and O–H groups in total. The van der Waals surface area contributed by atoms with Gasteiger partial charge >= 0.3 is 5.97 Å². The van der Waals surface area contributed by atoms with Gasteiger partial charge in [0.05, 0.1) is 23.9 Å². The van der Waals surface area contributed by atoms with E-state index in [9.17, 15) is 9.59 Å². The van der Waals surface area contributed by atoms with Gasteiger partial charge in [-0.25, -0.2) is 9.79 Å². The second kappa shape index (κ2) is 9.95. The zero-order valence-corrected chi connectivity index (χ0v) is 19.5. The number of carbonyl (C=O) groups is 2. The lowest BCUT2D eigenvalue weighted by molar-refractivity contribution is -0.139. The highest BCUT2D eigenvalue weighted by atomic mass is 32.2. The molecular formula is C25H25N3O4S. The van der Waals surface area contributed by atoms with Crippen molar-refractivity contribution in [1.82, 2.24) is 4.90 Å². The summed E-state index contributed by atoms with van der Waals surface area (Å²) in [6.07, 6.45) is 1.91. The number of hydrogen-bond donors (Lipinski definition) is 1. The van der Waals surface area contributed by atoms with Crippen LogP contribution in [0.1, 0.15) is 31.0 Å². The van der Waals surface area contributed by atoms with Crippen LogP contribution in [-0.4, -0.2) is 35.2 Å². The molecule has 0 saturated heterocycles. The summed E-state index contributed by atoms with van der Waals surface area (Å²) in [5, 5.41) is 5.60. The van der Waals surface area contributed by atoms with E-state index in [1.807, 2.05) is 72.8 Å². The van der Waals surface area contributed by atoms with Crippen molar-refractivity contribution < 1.29 is 19.1 Å². The van der Waals surface area contributed by atoms with Gasteiger partial charge in [0.25, 0.3) is 5.91 Å². The number of aryl methyl sites for hydroxylation is 1. The smallest absolute Gasteiger partial charge is 0.338 e. The molecule has 0 unspecified atom stereocenters. The standard InChI is InChI=1S/C25H25N3O4S/c1-4-31-24(30)22-17(3)26-25-28(12-13-33-25)23(22)18-9-7-10-19(14-18)32-15-21(29)27-20-11-6-5-8-16(20)2/h5-14,23H,4,15H2,1-3H3,(H,27,29)/t23-/m1/s1. The number of carbonyl (C=O) groups excluding carboxylic acids is 2. The SMILES string of the molecule is CCOC(=O)C1=C(C)N=C2SC=CN2[C@@H]1c1cccc(OCC(=O)Nc2ccccc2C)c1. The molecule has 0 aliphatic carbocycles. The molecule has 7 nitrogen and oxygen atoms in total. The monoisotopic (exact) mass is 463 g/mol. The Labute approximate surface area is 197 Å². The minimum atomic E-state index is -0.396. The van der Waals surface area contributed by atoms with Crippen LogP contribution < -0.4 is 10.1 Å². The fraction of sp³-hybridized carbons (Fsp3) is 0.240. The van der Waals surface area contributed by atoms with E-state index in [1.165, 1.54) is 11.8 Å². The molecule has 0 aromatic heterocycles. The quantitative estimate of drug-likeness (QED) is 0.595. The first-order valence-corrected chi connectivity index (χ1v) is 11.5. The number of amidine groups is 1. The van der Waals surface area contributed by atoms with Gasteiger partial charge in [-0.2, -0.15) is 0 Å². The number of aliphatic imine (C=N–C) groups is 1. The van der Waals surface area contributed by atoms with Crippen LogP contribution in [0.4, 0.5) is 5.69 Å². The van der Waals surface area contributed by atoms with E-state index in [-0.39, 0.29) is 19.1 Å². The van der Waals surface area contributed by atoms with E-state index in [1.54, 1.807) is 13.0 Å². The van der Waals surface area contributed by atoms with E-state index < -0.39 is 12.0 Å². The van der Waals surface area contributed by atoms with Crippen LogP contribution in [0, 0.1) is 6.92 Å². The number of para-hydroxylation sites is 1. The summed E-state index contributed by atoms with van der Waals surface area (Å²) in [4.78, 5) is 31.7. The average Bonchev–Trinajstić information content (AvgIpc) is 3.26. The molecule has 1 amide bonds. The maximum absolute atomic E-state index is 12.8. The fourth-order valence-corrected chi connectivity index (χ4v) is 4.51. The van der Waals surface area contributed by atoms with Crippen molar-refractivity contribution >= 4 is 34.5 Å². The highest BCUT2D eigenvalue weighted by Crippen LogP contribution is 2.41. The first-order chi connectivity index (χ1) is 16.0. The number of ether oxygens (including phenoxy) is 2. The third-order valence-corrected chi connectivity index (χ3v) is 6.05. The molecule has 2 aromatic carbocycles. The largest absolute Gasteiger partial charge is 0.484 e. The Morgan fingerprint density at radius 3 is 2.76 bits per heavy atom. The zero-order chi connectivity index (χ0) is 23.4. The van der Waals surface area contributed by atoms with Gasteiger partial charge in [-0.05, 0) is 55.5 Å².